The first kappa shape index (κ1) is 30.2. The number of carbonyl (C=O) groups is 1. The largest absolute Gasteiger partial charge is 0.495 e. The predicted molar refractivity (Wildman–Crippen MR) is 151 cm³/mol. The van der Waals surface area contributed by atoms with E-state index in [1.54, 1.807) is 26.0 Å². The van der Waals surface area contributed by atoms with Gasteiger partial charge >= 0.3 is 0 Å². The van der Waals surface area contributed by atoms with Gasteiger partial charge in [0.15, 0.2) is 0 Å². The average molecular weight is 596 g/mol. The topological polar surface area (TPSA) is 131 Å². The number of amides is 1. The van der Waals surface area contributed by atoms with E-state index in [-0.39, 0.29) is 43.7 Å². The zero-order chi connectivity index (χ0) is 29.0. The van der Waals surface area contributed by atoms with Gasteiger partial charge in [-0.2, -0.15) is 0 Å². The van der Waals surface area contributed by atoms with Gasteiger partial charge in [-0.3, -0.25) is 9.10 Å². The number of aryl methyl sites for hydroxylation is 1. The van der Waals surface area contributed by atoms with Crippen molar-refractivity contribution in [2.45, 2.75) is 36.6 Å². The molecule has 3 aromatic rings. The smallest absolute Gasteiger partial charge is 0.264 e. The van der Waals surface area contributed by atoms with Gasteiger partial charge < -0.3 is 14.8 Å². The highest BCUT2D eigenvalue weighted by Gasteiger charge is 2.30. The fourth-order valence-electron chi connectivity index (χ4n) is 3.65. The highest BCUT2D eigenvalue weighted by molar-refractivity contribution is 7.93. The third-order valence-corrected chi connectivity index (χ3v) is 9.12. The van der Waals surface area contributed by atoms with Crippen LogP contribution >= 0.6 is 11.6 Å². The minimum atomic E-state index is -4.27. The molecular formula is C26H30ClN3O7S2. The van der Waals surface area contributed by atoms with Crippen molar-refractivity contribution < 1.29 is 31.1 Å². The number of halogens is 1. The van der Waals surface area contributed by atoms with Crippen molar-refractivity contribution in [3.8, 4) is 11.5 Å². The summed E-state index contributed by atoms with van der Waals surface area (Å²) in [6.07, 6.45) is 0. The lowest BCUT2D eigenvalue weighted by molar-refractivity contribution is -0.114. The second-order valence-electron chi connectivity index (χ2n) is 8.83. The molecule has 1 amide bonds. The van der Waals surface area contributed by atoms with Crippen LogP contribution < -0.4 is 23.8 Å². The van der Waals surface area contributed by atoms with Gasteiger partial charge in [-0.15, -0.1) is 0 Å². The van der Waals surface area contributed by atoms with Crippen molar-refractivity contribution in [2.75, 3.05) is 30.4 Å². The molecule has 0 saturated carbocycles. The van der Waals surface area contributed by atoms with Gasteiger partial charge in [0.1, 0.15) is 18.0 Å². The molecule has 0 unspecified atom stereocenters. The second kappa shape index (κ2) is 12.2. The molecule has 0 aliphatic carbocycles. The number of benzene rings is 3. The Bertz CT molecular complexity index is 1560. The number of nitrogens with zero attached hydrogens (tertiary/aromatic N) is 1. The van der Waals surface area contributed by atoms with E-state index in [1.807, 2.05) is 6.92 Å². The minimum absolute atomic E-state index is 0.0416. The molecule has 0 aliphatic heterocycles. The molecule has 3 aromatic carbocycles. The number of ether oxygens (including phenoxy) is 2. The zero-order valence-corrected chi connectivity index (χ0v) is 24.4. The molecular weight excluding hydrogens is 566 g/mol. The van der Waals surface area contributed by atoms with Crippen LogP contribution in [0.5, 0.6) is 11.5 Å². The summed E-state index contributed by atoms with van der Waals surface area (Å²) >= 11 is 6.18. The number of anilines is 2. The fraction of sp³-hybridized carbons (Fsp3) is 0.269. The van der Waals surface area contributed by atoms with Gasteiger partial charge in [0.2, 0.25) is 15.9 Å². The summed E-state index contributed by atoms with van der Waals surface area (Å²) in [6.45, 7) is 4.49. The minimum Gasteiger partial charge on any atom is -0.495 e. The van der Waals surface area contributed by atoms with Crippen molar-refractivity contribution >= 4 is 48.9 Å². The molecule has 2 N–H and O–H groups in total. The molecule has 0 fully saturated rings. The van der Waals surface area contributed by atoms with Crippen molar-refractivity contribution in [1.82, 2.24) is 4.72 Å². The Morgan fingerprint density at radius 2 is 1.49 bits per heavy atom. The van der Waals surface area contributed by atoms with Gasteiger partial charge in [-0.1, -0.05) is 29.3 Å². The third-order valence-electron chi connectivity index (χ3n) is 5.45. The van der Waals surface area contributed by atoms with E-state index in [0.29, 0.717) is 0 Å². The van der Waals surface area contributed by atoms with E-state index in [1.165, 1.54) is 62.8 Å². The SMILES string of the molecule is COc1ccc(S(=O)(=O)NC(C)C)cc1NC(=O)CN(c1cc(Cl)ccc1OC)S(=O)(=O)c1ccc(C)cc1. The van der Waals surface area contributed by atoms with Crippen LogP contribution in [0.1, 0.15) is 19.4 Å². The van der Waals surface area contributed by atoms with Gasteiger partial charge in [0.05, 0.1) is 35.4 Å². The van der Waals surface area contributed by atoms with Crippen LogP contribution in [0.4, 0.5) is 11.4 Å². The first-order valence-electron chi connectivity index (χ1n) is 11.7. The molecule has 210 valence electrons. The summed E-state index contributed by atoms with van der Waals surface area (Å²) in [5, 5.41) is 2.81. The first-order chi connectivity index (χ1) is 18.3. The summed E-state index contributed by atoms with van der Waals surface area (Å²) in [6, 6.07) is 14.2. The summed E-state index contributed by atoms with van der Waals surface area (Å²) in [4.78, 5) is 13.2. The van der Waals surface area contributed by atoms with Crippen LogP contribution in [0.3, 0.4) is 0 Å². The quantitative estimate of drug-likeness (QED) is 0.340. The molecule has 0 saturated heterocycles. The van der Waals surface area contributed by atoms with Crippen molar-refractivity contribution in [3.63, 3.8) is 0 Å². The normalized spacial score (nSPS) is 11.8. The third kappa shape index (κ3) is 7.21. The molecule has 13 heteroatoms. The maximum Gasteiger partial charge on any atom is 0.264 e. The zero-order valence-electron chi connectivity index (χ0n) is 22.1. The summed E-state index contributed by atoms with van der Waals surface area (Å²) < 4.78 is 66.9. The number of hydrogen-bond donors (Lipinski definition) is 2. The Kier molecular flexibility index (Phi) is 9.49. The highest BCUT2D eigenvalue weighted by Crippen LogP contribution is 2.35. The molecule has 0 aromatic heterocycles. The predicted octanol–water partition coefficient (Wildman–Crippen LogP) is 4.19. The van der Waals surface area contributed by atoms with E-state index >= 15 is 0 Å². The van der Waals surface area contributed by atoms with E-state index in [9.17, 15) is 21.6 Å². The highest BCUT2D eigenvalue weighted by atomic mass is 35.5. The van der Waals surface area contributed by atoms with E-state index in [4.69, 9.17) is 21.1 Å². The van der Waals surface area contributed by atoms with Gasteiger partial charge in [0, 0.05) is 11.1 Å². The molecule has 0 heterocycles. The molecule has 0 aliphatic rings. The lowest BCUT2D eigenvalue weighted by Gasteiger charge is -2.26. The van der Waals surface area contributed by atoms with Crippen molar-refractivity contribution in [3.05, 3.63) is 71.2 Å². The Balaban J connectivity index is 2.04. The van der Waals surface area contributed by atoms with Crippen LogP contribution in [0.25, 0.3) is 0 Å². The average Bonchev–Trinajstić information content (AvgIpc) is 2.86. The van der Waals surface area contributed by atoms with E-state index < -0.39 is 32.5 Å². The molecule has 0 atom stereocenters. The molecule has 3 rings (SSSR count). The van der Waals surface area contributed by atoms with Crippen LogP contribution in [0.2, 0.25) is 5.02 Å². The summed E-state index contributed by atoms with van der Waals surface area (Å²) in [5.41, 5.74) is 0.942. The number of hydrogen-bond acceptors (Lipinski definition) is 7. The van der Waals surface area contributed by atoms with E-state index in [2.05, 4.69) is 10.0 Å². The molecule has 39 heavy (non-hydrogen) atoms. The maximum atomic E-state index is 13.8. The lowest BCUT2D eigenvalue weighted by Crippen LogP contribution is -2.38. The van der Waals surface area contributed by atoms with Gasteiger partial charge in [-0.05, 0) is 69.3 Å². The lowest BCUT2D eigenvalue weighted by atomic mass is 10.2. The molecule has 0 spiro atoms. The number of carbonyl (C=O) groups excluding carboxylic acids is 1. The van der Waals surface area contributed by atoms with Gasteiger partial charge in [-0.25, -0.2) is 21.6 Å². The number of rotatable bonds is 11. The van der Waals surface area contributed by atoms with Crippen LogP contribution in [0, 0.1) is 6.92 Å². The van der Waals surface area contributed by atoms with E-state index in [0.717, 1.165) is 9.87 Å². The Labute approximate surface area is 234 Å². The first-order valence-corrected chi connectivity index (χ1v) is 15.0. The van der Waals surface area contributed by atoms with Crippen LogP contribution in [-0.2, 0) is 24.8 Å². The standard InChI is InChI=1S/C26H30ClN3O7S2/c1-17(2)29-38(32,33)21-11-13-24(36-4)22(15-21)28-26(31)16-30(23-14-19(27)8-12-25(23)37-5)39(34,35)20-9-6-18(3)7-10-20/h6-15,17,29H,16H2,1-5H3,(H,28,31). The number of sulfonamides is 2. The molecule has 0 bridgehead atoms. The Morgan fingerprint density at radius 3 is 2.08 bits per heavy atom. The van der Waals surface area contributed by atoms with Crippen LogP contribution in [0.15, 0.2) is 70.5 Å². The van der Waals surface area contributed by atoms with Gasteiger partial charge in [0.25, 0.3) is 10.0 Å². The summed E-state index contributed by atoms with van der Waals surface area (Å²) in [7, 11) is -5.43. The Morgan fingerprint density at radius 1 is 0.897 bits per heavy atom. The second-order valence-corrected chi connectivity index (χ2v) is 12.8. The molecule has 0 radical (unpaired) electrons. The number of nitrogens with one attached hydrogen (secondary N) is 2. The maximum absolute atomic E-state index is 13.8. The van der Waals surface area contributed by atoms with Crippen molar-refractivity contribution in [1.29, 1.82) is 0 Å². The fourth-order valence-corrected chi connectivity index (χ4v) is 6.51. The Hall–Kier alpha value is -3.32. The van der Waals surface area contributed by atoms with Crippen molar-refractivity contribution in [2.24, 2.45) is 0 Å². The summed E-state index contributed by atoms with van der Waals surface area (Å²) in [5.74, 6) is -0.411. The molecule has 10 nitrogen and oxygen atoms in total. The van der Waals surface area contributed by atoms with Crippen LogP contribution in [-0.4, -0.2) is 49.5 Å². The number of methoxy groups -OCH3 is 2. The monoisotopic (exact) mass is 595 g/mol.